The van der Waals surface area contributed by atoms with Crippen molar-refractivity contribution in [1.82, 2.24) is 9.78 Å². The van der Waals surface area contributed by atoms with Crippen LogP contribution in [-0.2, 0) is 16.3 Å². The van der Waals surface area contributed by atoms with E-state index in [4.69, 9.17) is 14.6 Å². The van der Waals surface area contributed by atoms with Crippen LogP contribution in [0.4, 0.5) is 5.82 Å². The van der Waals surface area contributed by atoms with Crippen molar-refractivity contribution in [3.8, 4) is 17.2 Å². The van der Waals surface area contributed by atoms with Crippen molar-refractivity contribution < 1.29 is 14.3 Å². The number of rotatable bonds is 6. The number of benzene rings is 2. The number of hydrogen-bond acceptors (Lipinski definition) is 5. The average Bonchev–Trinajstić information content (AvgIpc) is 3.35. The van der Waals surface area contributed by atoms with E-state index in [1.807, 2.05) is 54.1 Å². The van der Waals surface area contributed by atoms with Crippen LogP contribution in [0.5, 0.6) is 11.5 Å². The number of aryl methyl sites for hydroxylation is 1. The topological polar surface area (TPSA) is 65.4 Å². The average molecular weight is 422 g/mol. The number of amides is 1. The van der Waals surface area contributed by atoms with Crippen molar-refractivity contribution in [2.24, 2.45) is 0 Å². The number of methoxy groups -OCH3 is 2. The van der Waals surface area contributed by atoms with Gasteiger partial charge in [0.2, 0.25) is 5.91 Å². The number of carbonyl (C=O) groups is 1. The molecule has 0 fully saturated rings. The van der Waals surface area contributed by atoms with Crippen molar-refractivity contribution >= 4 is 29.6 Å². The second kappa shape index (κ2) is 8.67. The lowest BCUT2D eigenvalue weighted by molar-refractivity contribution is -0.111. The third kappa shape index (κ3) is 3.93. The van der Waals surface area contributed by atoms with Crippen LogP contribution in [0.25, 0.3) is 11.8 Å². The van der Waals surface area contributed by atoms with Crippen LogP contribution in [0.1, 0.15) is 22.4 Å². The summed E-state index contributed by atoms with van der Waals surface area (Å²) in [4.78, 5) is 12.7. The quantitative estimate of drug-likeness (QED) is 0.590. The number of carbonyl (C=O) groups excluding carboxylic acids is 1. The Balaban J connectivity index is 1.60. The molecule has 0 saturated carbocycles. The van der Waals surface area contributed by atoms with Gasteiger partial charge in [-0.1, -0.05) is 24.3 Å². The minimum atomic E-state index is -0.209. The number of anilines is 1. The number of aromatic nitrogens is 2. The van der Waals surface area contributed by atoms with Gasteiger partial charge >= 0.3 is 0 Å². The molecule has 0 radical (unpaired) electrons. The number of hydrogen-bond donors (Lipinski definition) is 1. The highest BCUT2D eigenvalue weighted by Crippen LogP contribution is 2.36. The molecule has 6 nitrogen and oxygen atoms in total. The van der Waals surface area contributed by atoms with Crippen LogP contribution < -0.4 is 14.8 Å². The molecule has 1 amide bonds. The van der Waals surface area contributed by atoms with E-state index in [1.54, 1.807) is 32.1 Å². The summed E-state index contributed by atoms with van der Waals surface area (Å²) in [5, 5.41) is 7.80. The third-order valence-electron chi connectivity index (χ3n) is 4.97. The minimum Gasteiger partial charge on any atom is -0.493 e. The molecule has 1 aliphatic heterocycles. The Morgan fingerprint density at radius 1 is 1.13 bits per heavy atom. The van der Waals surface area contributed by atoms with Gasteiger partial charge in [-0.2, -0.15) is 16.9 Å². The number of para-hydroxylation sites is 1. The van der Waals surface area contributed by atoms with Gasteiger partial charge < -0.3 is 14.8 Å². The Labute approximate surface area is 179 Å². The number of nitrogens with zero attached hydrogens (tertiary/aromatic N) is 2. The summed E-state index contributed by atoms with van der Waals surface area (Å²) in [6, 6.07) is 13.5. The van der Waals surface area contributed by atoms with E-state index in [2.05, 4.69) is 5.32 Å². The summed E-state index contributed by atoms with van der Waals surface area (Å²) >= 11 is 1.81. The molecule has 0 spiro atoms. The fraction of sp³-hybridized carbons (Fsp3) is 0.217. The number of ether oxygens (including phenoxy) is 2. The summed E-state index contributed by atoms with van der Waals surface area (Å²) in [6.45, 7) is 2.04. The summed E-state index contributed by atoms with van der Waals surface area (Å²) < 4.78 is 12.4. The molecular weight excluding hydrogens is 398 g/mol. The standard InChI is InChI=1S/C23H23N3O3S/c1-15-6-4-5-7-19(15)26-23(17-13-30-14-18(17)25-26)24-22(27)11-9-16-8-10-20(28-2)21(12-16)29-3/h4-12H,13-14H2,1-3H3,(H,24,27)/b11-9+. The Hall–Kier alpha value is -3.19. The van der Waals surface area contributed by atoms with Gasteiger partial charge in [0.1, 0.15) is 5.82 Å². The smallest absolute Gasteiger partial charge is 0.249 e. The van der Waals surface area contributed by atoms with Crippen LogP contribution in [-0.4, -0.2) is 29.9 Å². The van der Waals surface area contributed by atoms with Crippen LogP contribution in [0.3, 0.4) is 0 Å². The Morgan fingerprint density at radius 3 is 2.70 bits per heavy atom. The summed E-state index contributed by atoms with van der Waals surface area (Å²) in [5.74, 6) is 3.50. The minimum absolute atomic E-state index is 0.209. The molecule has 3 aromatic rings. The van der Waals surface area contributed by atoms with Gasteiger partial charge in [0.05, 0.1) is 25.6 Å². The molecule has 2 aromatic carbocycles. The second-order valence-corrected chi connectivity index (χ2v) is 7.89. The predicted molar refractivity (Wildman–Crippen MR) is 121 cm³/mol. The van der Waals surface area contributed by atoms with Gasteiger partial charge in [-0.3, -0.25) is 4.79 Å². The predicted octanol–water partition coefficient (Wildman–Crippen LogP) is 4.60. The largest absolute Gasteiger partial charge is 0.493 e. The highest BCUT2D eigenvalue weighted by atomic mass is 32.2. The van der Waals surface area contributed by atoms with E-state index in [0.29, 0.717) is 11.5 Å². The first-order valence-electron chi connectivity index (χ1n) is 9.56. The number of thioether (sulfide) groups is 1. The zero-order valence-electron chi connectivity index (χ0n) is 17.1. The summed E-state index contributed by atoms with van der Waals surface area (Å²) in [5.41, 5.74) is 5.04. The molecule has 7 heteroatoms. The fourth-order valence-corrected chi connectivity index (χ4v) is 4.44. The Kier molecular flexibility index (Phi) is 5.81. The summed E-state index contributed by atoms with van der Waals surface area (Å²) in [6.07, 6.45) is 3.27. The van der Waals surface area contributed by atoms with Gasteiger partial charge in [-0.15, -0.1) is 0 Å². The van der Waals surface area contributed by atoms with Crippen molar-refractivity contribution in [2.45, 2.75) is 18.4 Å². The van der Waals surface area contributed by atoms with Gasteiger partial charge in [-0.05, 0) is 42.3 Å². The molecule has 2 heterocycles. The first kappa shape index (κ1) is 20.1. The molecule has 1 N–H and O–H groups in total. The zero-order valence-corrected chi connectivity index (χ0v) is 18.0. The molecule has 0 bridgehead atoms. The van der Waals surface area contributed by atoms with Crippen molar-refractivity contribution in [1.29, 1.82) is 0 Å². The molecule has 0 aliphatic carbocycles. The zero-order chi connectivity index (χ0) is 21.1. The van der Waals surface area contributed by atoms with Gasteiger partial charge in [-0.25, -0.2) is 4.68 Å². The molecule has 0 atom stereocenters. The van der Waals surface area contributed by atoms with Crippen LogP contribution in [0.2, 0.25) is 0 Å². The van der Waals surface area contributed by atoms with Crippen molar-refractivity contribution in [3.63, 3.8) is 0 Å². The third-order valence-corrected chi connectivity index (χ3v) is 5.94. The highest BCUT2D eigenvalue weighted by Gasteiger charge is 2.24. The molecule has 4 rings (SSSR count). The van der Waals surface area contributed by atoms with Crippen LogP contribution in [0, 0.1) is 6.92 Å². The molecular formula is C23H23N3O3S. The maximum atomic E-state index is 12.7. The van der Waals surface area contributed by atoms with Crippen molar-refractivity contribution in [3.05, 3.63) is 70.9 Å². The lowest BCUT2D eigenvalue weighted by atomic mass is 10.2. The van der Waals surface area contributed by atoms with Gasteiger partial charge in [0, 0.05) is 23.1 Å². The molecule has 154 valence electrons. The molecule has 30 heavy (non-hydrogen) atoms. The maximum Gasteiger partial charge on any atom is 0.249 e. The summed E-state index contributed by atoms with van der Waals surface area (Å²) in [7, 11) is 3.18. The van der Waals surface area contributed by atoms with Crippen LogP contribution >= 0.6 is 11.8 Å². The first-order valence-corrected chi connectivity index (χ1v) is 10.7. The lowest BCUT2D eigenvalue weighted by Crippen LogP contribution is -2.14. The van der Waals surface area contributed by atoms with E-state index in [9.17, 15) is 4.79 Å². The second-order valence-electron chi connectivity index (χ2n) is 6.90. The highest BCUT2D eigenvalue weighted by molar-refractivity contribution is 7.98. The van der Waals surface area contributed by atoms with Gasteiger partial charge in [0.15, 0.2) is 11.5 Å². The number of fused-ring (bicyclic) bond motifs is 1. The Morgan fingerprint density at radius 2 is 1.93 bits per heavy atom. The fourth-order valence-electron chi connectivity index (χ4n) is 3.40. The normalized spacial score (nSPS) is 12.8. The van der Waals surface area contributed by atoms with E-state index >= 15 is 0 Å². The van der Waals surface area contributed by atoms with Crippen LogP contribution in [0.15, 0.2) is 48.5 Å². The Bertz CT molecular complexity index is 1120. The van der Waals surface area contributed by atoms with E-state index in [0.717, 1.165) is 45.4 Å². The lowest BCUT2D eigenvalue weighted by Gasteiger charge is -2.12. The maximum absolute atomic E-state index is 12.7. The van der Waals surface area contributed by atoms with E-state index < -0.39 is 0 Å². The van der Waals surface area contributed by atoms with Gasteiger partial charge in [0.25, 0.3) is 0 Å². The first-order chi connectivity index (χ1) is 14.6. The molecule has 0 unspecified atom stereocenters. The molecule has 1 aromatic heterocycles. The van der Waals surface area contributed by atoms with E-state index in [1.165, 1.54) is 6.08 Å². The van der Waals surface area contributed by atoms with Crippen molar-refractivity contribution in [2.75, 3.05) is 19.5 Å². The van der Waals surface area contributed by atoms with E-state index in [-0.39, 0.29) is 5.91 Å². The SMILES string of the molecule is COc1ccc(/C=C/C(=O)Nc2c3c(nn2-c2ccccc2C)CSC3)cc1OC. The monoisotopic (exact) mass is 421 g/mol. The molecule has 1 aliphatic rings. The number of nitrogens with one attached hydrogen (secondary N) is 1. The molecule has 0 saturated heterocycles.